The number of para-hydroxylation sites is 1. The number of aromatic nitrogens is 1. The summed E-state index contributed by atoms with van der Waals surface area (Å²) in [5.74, 6) is 0. The van der Waals surface area contributed by atoms with E-state index in [4.69, 9.17) is 0 Å². The van der Waals surface area contributed by atoms with Crippen LogP contribution >= 0.6 is 11.8 Å². The molecule has 1 aromatic heterocycles. The summed E-state index contributed by atoms with van der Waals surface area (Å²) in [5.41, 5.74) is 17.8. The van der Waals surface area contributed by atoms with Crippen molar-refractivity contribution in [3.8, 4) is 61.3 Å². The molecule has 2 nitrogen and oxygen atoms in total. The van der Waals surface area contributed by atoms with Crippen molar-refractivity contribution in [1.82, 2.24) is 4.57 Å². The highest BCUT2D eigenvalue weighted by Crippen LogP contribution is 2.52. The summed E-state index contributed by atoms with van der Waals surface area (Å²) >= 11 is 1.85. The van der Waals surface area contributed by atoms with Gasteiger partial charge in [-0.2, -0.15) is 0 Å². The van der Waals surface area contributed by atoms with Gasteiger partial charge in [0.1, 0.15) is 0 Å². The van der Waals surface area contributed by atoms with E-state index in [2.05, 4.69) is 234 Å². The molecule has 10 aromatic carbocycles. The Morgan fingerprint density at radius 2 is 0.869 bits per heavy atom. The van der Waals surface area contributed by atoms with Crippen LogP contribution in [0.15, 0.2) is 234 Å². The Bertz CT molecular complexity index is 3400. The lowest BCUT2D eigenvalue weighted by atomic mass is 9.93. The third-order valence-corrected chi connectivity index (χ3v) is 13.2. The van der Waals surface area contributed by atoms with Crippen LogP contribution < -0.4 is 5.32 Å². The summed E-state index contributed by atoms with van der Waals surface area (Å²) in [7, 11) is 0. The van der Waals surface area contributed by atoms with Crippen molar-refractivity contribution in [1.29, 1.82) is 0 Å². The molecule has 0 amide bonds. The third-order valence-electron chi connectivity index (χ3n) is 12.1. The van der Waals surface area contributed by atoms with Gasteiger partial charge in [0, 0.05) is 31.8 Å². The molecular weight excluding hydrogens is 757 g/mol. The van der Waals surface area contributed by atoms with E-state index in [9.17, 15) is 0 Å². The van der Waals surface area contributed by atoms with Gasteiger partial charge in [0.25, 0.3) is 0 Å². The summed E-state index contributed by atoms with van der Waals surface area (Å²) < 4.78 is 2.44. The van der Waals surface area contributed by atoms with Crippen molar-refractivity contribution in [2.75, 3.05) is 5.32 Å². The number of hydrogen-bond acceptors (Lipinski definition) is 2. The molecule has 1 aliphatic rings. The summed E-state index contributed by atoms with van der Waals surface area (Å²) in [5, 5.41) is 8.93. The molecule has 0 unspecified atom stereocenters. The first-order valence-corrected chi connectivity index (χ1v) is 21.6. The summed E-state index contributed by atoms with van der Waals surface area (Å²) in [6, 6.07) is 81.8. The maximum Gasteiger partial charge on any atom is 0.0612 e. The van der Waals surface area contributed by atoms with E-state index in [1.165, 1.54) is 98.0 Å². The van der Waals surface area contributed by atoms with Gasteiger partial charge >= 0.3 is 0 Å². The van der Waals surface area contributed by atoms with E-state index in [-0.39, 0.29) is 0 Å². The van der Waals surface area contributed by atoms with E-state index < -0.39 is 0 Å². The van der Waals surface area contributed by atoms with Gasteiger partial charge < -0.3 is 9.88 Å². The molecule has 0 aliphatic carbocycles. The molecule has 11 aromatic rings. The van der Waals surface area contributed by atoms with Crippen molar-refractivity contribution in [3.63, 3.8) is 0 Å². The third kappa shape index (κ3) is 6.21. The largest absolute Gasteiger partial charge is 0.353 e. The monoisotopic (exact) mass is 794 g/mol. The number of hydrogen-bond donors (Lipinski definition) is 1. The van der Waals surface area contributed by atoms with E-state index in [1.54, 1.807) is 0 Å². The van der Waals surface area contributed by atoms with E-state index in [0.29, 0.717) is 0 Å². The maximum atomic E-state index is 3.97. The average Bonchev–Trinajstić information content (AvgIpc) is 3.67. The SMILES string of the molecule is c1ccc(-c2cccc(-c3c4c(cc5ccccc35)Sc3ccc(-c5ccc6c(c5)c5ccccc5n6-c5cc(-c6ccccc6)cc(-c6ccccc6)c5)cc3N4)c2)cc1. The fourth-order valence-electron chi connectivity index (χ4n) is 9.23. The fourth-order valence-corrected chi connectivity index (χ4v) is 10.3. The molecule has 0 saturated heterocycles. The van der Waals surface area contributed by atoms with Crippen molar-refractivity contribution in [3.05, 3.63) is 224 Å². The summed E-state index contributed by atoms with van der Waals surface area (Å²) in [6.45, 7) is 0. The Morgan fingerprint density at radius 3 is 1.61 bits per heavy atom. The molecule has 12 rings (SSSR count). The van der Waals surface area contributed by atoms with Gasteiger partial charge in [-0.3, -0.25) is 0 Å². The first-order chi connectivity index (χ1) is 30.2. The van der Waals surface area contributed by atoms with Crippen molar-refractivity contribution in [2.45, 2.75) is 9.79 Å². The van der Waals surface area contributed by atoms with Gasteiger partial charge in [0.15, 0.2) is 0 Å². The van der Waals surface area contributed by atoms with Crippen LogP contribution in [-0.2, 0) is 0 Å². The molecule has 0 fully saturated rings. The highest BCUT2D eigenvalue weighted by Gasteiger charge is 2.23. The van der Waals surface area contributed by atoms with Crippen LogP contribution in [-0.4, -0.2) is 4.57 Å². The molecular formula is C58H38N2S. The predicted octanol–water partition coefficient (Wildman–Crippen LogP) is 16.5. The Morgan fingerprint density at radius 1 is 0.328 bits per heavy atom. The molecule has 0 radical (unpaired) electrons. The van der Waals surface area contributed by atoms with E-state index in [0.717, 1.165) is 17.1 Å². The van der Waals surface area contributed by atoms with Gasteiger partial charge in [-0.1, -0.05) is 176 Å². The first kappa shape index (κ1) is 35.4. The highest BCUT2D eigenvalue weighted by molar-refractivity contribution is 7.99. The lowest BCUT2D eigenvalue weighted by molar-refractivity contribution is 1.18. The summed E-state index contributed by atoms with van der Waals surface area (Å²) in [6.07, 6.45) is 0. The molecule has 1 aliphatic heterocycles. The number of anilines is 2. The number of nitrogens with zero attached hydrogens (tertiary/aromatic N) is 1. The molecule has 61 heavy (non-hydrogen) atoms. The van der Waals surface area contributed by atoms with Crippen LogP contribution in [0.2, 0.25) is 0 Å². The maximum absolute atomic E-state index is 3.97. The minimum atomic E-state index is 1.12. The van der Waals surface area contributed by atoms with E-state index in [1.807, 2.05) is 11.8 Å². The Kier molecular flexibility index (Phi) is 8.46. The van der Waals surface area contributed by atoms with E-state index >= 15 is 0 Å². The molecule has 0 atom stereocenters. The highest BCUT2D eigenvalue weighted by atomic mass is 32.2. The topological polar surface area (TPSA) is 17.0 Å². The van der Waals surface area contributed by atoms with Crippen LogP contribution in [0, 0.1) is 0 Å². The zero-order valence-corrected chi connectivity index (χ0v) is 34.0. The van der Waals surface area contributed by atoms with Gasteiger partial charge in [-0.05, 0) is 122 Å². The number of fused-ring (bicyclic) bond motifs is 6. The Balaban J connectivity index is 0.971. The minimum Gasteiger partial charge on any atom is -0.353 e. The number of nitrogens with one attached hydrogen (secondary N) is 1. The van der Waals surface area contributed by atoms with Crippen LogP contribution in [0.1, 0.15) is 0 Å². The lowest BCUT2D eigenvalue weighted by Gasteiger charge is -2.26. The lowest BCUT2D eigenvalue weighted by Crippen LogP contribution is -2.03. The zero-order valence-electron chi connectivity index (χ0n) is 33.2. The second kappa shape index (κ2) is 14.6. The van der Waals surface area contributed by atoms with Crippen LogP contribution in [0.25, 0.3) is 93.9 Å². The van der Waals surface area contributed by atoms with Crippen molar-refractivity contribution < 1.29 is 0 Å². The average molecular weight is 795 g/mol. The normalized spacial score (nSPS) is 12.0. The Labute approximate surface area is 359 Å². The Hall–Kier alpha value is -7.59. The smallest absolute Gasteiger partial charge is 0.0612 e. The molecule has 2 heterocycles. The second-order valence-corrected chi connectivity index (χ2v) is 16.9. The number of rotatable bonds is 6. The van der Waals surface area contributed by atoms with Crippen LogP contribution in [0.3, 0.4) is 0 Å². The second-order valence-electron chi connectivity index (χ2n) is 15.8. The van der Waals surface area contributed by atoms with Crippen LogP contribution in [0.5, 0.6) is 0 Å². The van der Waals surface area contributed by atoms with Crippen molar-refractivity contribution >= 4 is 55.7 Å². The molecule has 286 valence electrons. The molecule has 0 saturated carbocycles. The molecule has 1 N–H and O–H groups in total. The quantitative estimate of drug-likeness (QED) is 0.181. The fraction of sp³-hybridized carbons (Fsp3) is 0. The van der Waals surface area contributed by atoms with Crippen molar-refractivity contribution in [2.24, 2.45) is 0 Å². The van der Waals surface area contributed by atoms with Gasteiger partial charge in [0.05, 0.1) is 22.4 Å². The van der Waals surface area contributed by atoms with Gasteiger partial charge in [0.2, 0.25) is 0 Å². The first-order valence-electron chi connectivity index (χ1n) is 20.8. The summed E-state index contributed by atoms with van der Waals surface area (Å²) in [4.78, 5) is 2.46. The standard InChI is InChI=1S/C58H38N2S/c1-4-15-38(16-5-1)41-22-14-23-45(31-41)57-49-24-11-10-21-44(49)37-56-58(57)59-52-36-43(28-30-55(52)61-56)42-27-29-54-51(35-42)50-25-12-13-26-53(50)60(54)48-33-46(39-17-6-2-7-18-39)32-47(34-48)40-19-8-3-9-20-40/h1-37,59H. The number of benzene rings is 10. The molecule has 0 bridgehead atoms. The predicted molar refractivity (Wildman–Crippen MR) is 259 cm³/mol. The molecule has 0 spiro atoms. The minimum absolute atomic E-state index is 1.12. The van der Waals surface area contributed by atoms with Crippen LogP contribution in [0.4, 0.5) is 11.4 Å². The zero-order chi connectivity index (χ0) is 40.3. The van der Waals surface area contributed by atoms with Gasteiger partial charge in [-0.15, -0.1) is 0 Å². The van der Waals surface area contributed by atoms with Gasteiger partial charge in [-0.25, -0.2) is 0 Å². The molecule has 3 heteroatoms.